The van der Waals surface area contributed by atoms with Gasteiger partial charge in [0.05, 0.1) is 0 Å². The second-order valence-corrected chi connectivity index (χ2v) is 5.42. The molecule has 0 saturated carbocycles. The Morgan fingerprint density at radius 1 is 1.32 bits per heavy atom. The summed E-state index contributed by atoms with van der Waals surface area (Å²) in [7, 11) is 0. The highest BCUT2D eigenvalue weighted by atomic mass is 32.2. The minimum Gasteiger partial charge on any atom is -0.296 e. The second kappa shape index (κ2) is 7.19. The molecule has 2 nitrogen and oxygen atoms in total. The van der Waals surface area contributed by atoms with E-state index in [0.717, 1.165) is 37.0 Å². The molecule has 1 aromatic carbocycles. The highest BCUT2D eigenvalue weighted by Gasteiger charge is 2.19. The van der Waals surface area contributed by atoms with Crippen molar-refractivity contribution in [2.45, 2.75) is 31.4 Å². The van der Waals surface area contributed by atoms with E-state index in [9.17, 15) is 4.79 Å². The average molecular weight is 273 g/mol. The summed E-state index contributed by atoms with van der Waals surface area (Å²) in [5.74, 6) is 0.881. The van der Waals surface area contributed by atoms with E-state index in [-0.39, 0.29) is 5.91 Å². The Labute approximate surface area is 119 Å². The molecule has 1 N–H and O–H groups in total. The second-order valence-electron chi connectivity index (χ2n) is 4.63. The molecule has 0 radical (unpaired) electrons. The van der Waals surface area contributed by atoms with Crippen LogP contribution < -0.4 is 4.72 Å². The van der Waals surface area contributed by atoms with Crippen molar-refractivity contribution in [3.63, 3.8) is 0 Å². The highest BCUT2D eigenvalue weighted by Crippen LogP contribution is 2.29. The van der Waals surface area contributed by atoms with Gasteiger partial charge in [-0.3, -0.25) is 9.52 Å². The Morgan fingerprint density at radius 2 is 2.11 bits per heavy atom. The third-order valence-electron chi connectivity index (χ3n) is 3.24. The molecule has 2 rings (SSSR count). The lowest BCUT2D eigenvalue weighted by molar-refractivity contribution is -0.115. The summed E-state index contributed by atoms with van der Waals surface area (Å²) in [6.07, 6.45) is 5.76. The Bertz CT molecular complexity index is 479. The third-order valence-corrected chi connectivity index (χ3v) is 4.05. The van der Waals surface area contributed by atoms with Crippen molar-refractivity contribution in [2.75, 3.05) is 0 Å². The molecule has 0 atom stereocenters. The number of allylic oxidation sites excluding steroid dienone is 2. The van der Waals surface area contributed by atoms with Crippen LogP contribution in [0.4, 0.5) is 0 Å². The van der Waals surface area contributed by atoms with E-state index in [1.54, 1.807) is 0 Å². The first-order valence-corrected chi connectivity index (χ1v) is 7.57. The van der Waals surface area contributed by atoms with E-state index in [1.165, 1.54) is 23.1 Å². The van der Waals surface area contributed by atoms with Crippen LogP contribution in [0.25, 0.3) is 0 Å². The van der Waals surface area contributed by atoms with Crippen LogP contribution in [0.1, 0.15) is 31.2 Å². The Morgan fingerprint density at radius 3 is 2.84 bits per heavy atom. The van der Waals surface area contributed by atoms with Gasteiger partial charge in [-0.2, -0.15) is 0 Å². The standard InChI is InChI=1S/C16H19NOS/c1-2-7-14-10-6-11-15(14)16(18)17-19-12-13-8-4-3-5-9-13/h2-5,8-9H,1,6-7,10-12H2,(H,17,18). The Hall–Kier alpha value is -1.48. The predicted octanol–water partition coefficient (Wildman–Crippen LogP) is 4.01. The van der Waals surface area contributed by atoms with Crippen LogP contribution in [-0.2, 0) is 10.5 Å². The van der Waals surface area contributed by atoms with Gasteiger partial charge < -0.3 is 0 Å². The van der Waals surface area contributed by atoms with Gasteiger partial charge in [-0.05, 0) is 43.2 Å². The van der Waals surface area contributed by atoms with E-state index in [2.05, 4.69) is 23.4 Å². The molecule has 0 saturated heterocycles. The van der Waals surface area contributed by atoms with Gasteiger partial charge in [0.2, 0.25) is 0 Å². The summed E-state index contributed by atoms with van der Waals surface area (Å²) in [4.78, 5) is 12.1. The maximum Gasteiger partial charge on any atom is 0.256 e. The number of carbonyl (C=O) groups excluding carboxylic acids is 1. The summed E-state index contributed by atoms with van der Waals surface area (Å²) < 4.78 is 2.95. The van der Waals surface area contributed by atoms with Crippen LogP contribution in [0.15, 0.2) is 54.1 Å². The van der Waals surface area contributed by atoms with Crippen molar-refractivity contribution in [1.82, 2.24) is 4.72 Å². The molecule has 100 valence electrons. The first-order valence-electron chi connectivity index (χ1n) is 6.59. The van der Waals surface area contributed by atoms with Gasteiger partial charge in [0, 0.05) is 11.3 Å². The molecule has 1 aromatic rings. The Kier molecular flexibility index (Phi) is 5.28. The predicted molar refractivity (Wildman–Crippen MR) is 81.6 cm³/mol. The fourth-order valence-corrected chi connectivity index (χ4v) is 2.99. The molecule has 3 heteroatoms. The zero-order valence-electron chi connectivity index (χ0n) is 11.0. The molecular weight excluding hydrogens is 254 g/mol. The molecule has 0 aliphatic heterocycles. The maximum atomic E-state index is 12.1. The minimum atomic E-state index is 0.0790. The molecule has 0 aromatic heterocycles. The van der Waals surface area contributed by atoms with Crippen LogP contribution in [0.5, 0.6) is 0 Å². The van der Waals surface area contributed by atoms with Crippen LogP contribution >= 0.6 is 11.9 Å². The van der Waals surface area contributed by atoms with E-state index < -0.39 is 0 Å². The lowest BCUT2D eigenvalue weighted by atomic mass is 10.1. The molecule has 0 heterocycles. The topological polar surface area (TPSA) is 29.1 Å². The maximum absolute atomic E-state index is 12.1. The van der Waals surface area contributed by atoms with Gasteiger partial charge in [-0.25, -0.2) is 0 Å². The molecule has 1 amide bonds. The van der Waals surface area contributed by atoms with Crippen LogP contribution in [0.2, 0.25) is 0 Å². The number of hydrogen-bond acceptors (Lipinski definition) is 2. The molecule has 0 spiro atoms. The quantitative estimate of drug-likeness (QED) is 0.627. The summed E-state index contributed by atoms with van der Waals surface area (Å²) in [5, 5.41) is 0. The number of carbonyl (C=O) groups is 1. The number of hydrogen-bond donors (Lipinski definition) is 1. The van der Waals surface area contributed by atoms with Crippen molar-refractivity contribution in [3.05, 3.63) is 59.7 Å². The normalized spacial score (nSPS) is 14.5. The number of rotatable bonds is 6. The van der Waals surface area contributed by atoms with Gasteiger partial charge in [0.25, 0.3) is 5.91 Å². The van der Waals surface area contributed by atoms with E-state index in [4.69, 9.17) is 0 Å². The summed E-state index contributed by atoms with van der Waals surface area (Å²) in [6.45, 7) is 3.75. The molecule has 19 heavy (non-hydrogen) atoms. The zero-order valence-corrected chi connectivity index (χ0v) is 11.8. The summed E-state index contributed by atoms with van der Waals surface area (Å²) >= 11 is 1.46. The molecule has 0 bridgehead atoms. The summed E-state index contributed by atoms with van der Waals surface area (Å²) in [5.41, 5.74) is 3.45. The number of nitrogens with one attached hydrogen (secondary N) is 1. The molecule has 1 aliphatic carbocycles. The molecular formula is C16H19NOS. The Balaban J connectivity index is 1.84. The van der Waals surface area contributed by atoms with Gasteiger partial charge in [-0.1, -0.05) is 42.0 Å². The first-order chi connectivity index (χ1) is 9.31. The molecule has 0 unspecified atom stereocenters. The lowest BCUT2D eigenvalue weighted by Crippen LogP contribution is -2.18. The number of benzene rings is 1. The van der Waals surface area contributed by atoms with E-state index in [1.807, 2.05) is 24.3 Å². The number of amides is 1. The average Bonchev–Trinajstić information content (AvgIpc) is 2.89. The monoisotopic (exact) mass is 273 g/mol. The summed E-state index contributed by atoms with van der Waals surface area (Å²) in [6, 6.07) is 10.2. The lowest BCUT2D eigenvalue weighted by Gasteiger charge is -2.07. The van der Waals surface area contributed by atoms with Crippen molar-refractivity contribution in [1.29, 1.82) is 0 Å². The van der Waals surface area contributed by atoms with E-state index in [0.29, 0.717) is 0 Å². The minimum absolute atomic E-state index is 0.0790. The van der Waals surface area contributed by atoms with Gasteiger partial charge in [0.15, 0.2) is 0 Å². The van der Waals surface area contributed by atoms with Gasteiger partial charge in [-0.15, -0.1) is 6.58 Å². The fourth-order valence-electron chi connectivity index (χ4n) is 2.30. The molecule has 0 fully saturated rings. The van der Waals surface area contributed by atoms with Gasteiger partial charge in [0.1, 0.15) is 0 Å². The fraction of sp³-hybridized carbons (Fsp3) is 0.312. The largest absolute Gasteiger partial charge is 0.296 e. The van der Waals surface area contributed by atoms with Crippen molar-refractivity contribution in [2.24, 2.45) is 0 Å². The van der Waals surface area contributed by atoms with E-state index >= 15 is 0 Å². The van der Waals surface area contributed by atoms with Crippen molar-refractivity contribution >= 4 is 17.9 Å². The smallest absolute Gasteiger partial charge is 0.256 e. The van der Waals surface area contributed by atoms with Crippen LogP contribution in [-0.4, -0.2) is 5.91 Å². The third kappa shape index (κ3) is 4.00. The van der Waals surface area contributed by atoms with Crippen LogP contribution in [0, 0.1) is 0 Å². The first kappa shape index (κ1) is 13.9. The van der Waals surface area contributed by atoms with Crippen molar-refractivity contribution in [3.8, 4) is 0 Å². The SMILES string of the molecule is C=CCC1=C(C(=O)NSCc2ccccc2)CCC1. The molecule has 1 aliphatic rings. The van der Waals surface area contributed by atoms with Crippen LogP contribution in [0.3, 0.4) is 0 Å². The van der Waals surface area contributed by atoms with Crippen molar-refractivity contribution < 1.29 is 4.79 Å². The van der Waals surface area contributed by atoms with Gasteiger partial charge >= 0.3 is 0 Å². The zero-order chi connectivity index (χ0) is 13.5. The highest BCUT2D eigenvalue weighted by molar-refractivity contribution is 7.97.